The summed E-state index contributed by atoms with van der Waals surface area (Å²) in [7, 11) is 0. The molecule has 0 heterocycles. The van der Waals surface area contributed by atoms with Crippen molar-refractivity contribution < 1.29 is 4.39 Å². The van der Waals surface area contributed by atoms with Crippen LogP contribution in [0.3, 0.4) is 0 Å². The highest BCUT2D eigenvalue weighted by Crippen LogP contribution is 2.28. The maximum absolute atomic E-state index is 13.1. The van der Waals surface area contributed by atoms with Crippen molar-refractivity contribution in [2.24, 2.45) is 11.7 Å². The summed E-state index contributed by atoms with van der Waals surface area (Å²) in [6.45, 7) is 4.03. The average Bonchev–Trinajstić information content (AvgIpc) is 2.08. The summed E-state index contributed by atoms with van der Waals surface area (Å²) in [5.74, 6) is 0.0479. The quantitative estimate of drug-likeness (QED) is 0.851. The second-order valence-electron chi connectivity index (χ2n) is 3.41. The lowest BCUT2D eigenvalue weighted by molar-refractivity contribution is 0.507. The Morgan fingerprint density at radius 2 is 2.00 bits per heavy atom. The smallest absolute Gasteiger partial charge is 0.137 e. The van der Waals surface area contributed by atoms with Crippen molar-refractivity contribution >= 4 is 15.9 Å². The van der Waals surface area contributed by atoms with E-state index in [1.165, 1.54) is 6.07 Å². The molecule has 0 aliphatic heterocycles. The monoisotopic (exact) mass is 245 g/mol. The standard InChI is InChI=1S/C10H13BrFN/c1-6(2)10(13)7-4-3-5-8(12)9(7)11/h3-6,10H,13H2,1-2H3/t10-/m0/s1. The number of benzene rings is 1. The molecule has 0 amide bonds. The summed E-state index contributed by atoms with van der Waals surface area (Å²) < 4.78 is 13.6. The van der Waals surface area contributed by atoms with Gasteiger partial charge in [-0.1, -0.05) is 26.0 Å². The van der Waals surface area contributed by atoms with E-state index in [2.05, 4.69) is 15.9 Å². The third-order valence-electron chi connectivity index (χ3n) is 2.06. The van der Waals surface area contributed by atoms with Crippen LogP contribution in [0.5, 0.6) is 0 Å². The van der Waals surface area contributed by atoms with E-state index < -0.39 is 0 Å². The van der Waals surface area contributed by atoms with E-state index in [1.54, 1.807) is 6.07 Å². The highest BCUT2D eigenvalue weighted by molar-refractivity contribution is 9.10. The van der Waals surface area contributed by atoms with Crippen LogP contribution in [0.2, 0.25) is 0 Å². The molecule has 1 nitrogen and oxygen atoms in total. The Bertz CT molecular complexity index is 299. The van der Waals surface area contributed by atoms with Crippen molar-refractivity contribution in [2.75, 3.05) is 0 Å². The zero-order valence-corrected chi connectivity index (χ0v) is 9.31. The maximum Gasteiger partial charge on any atom is 0.137 e. The number of hydrogen-bond acceptors (Lipinski definition) is 1. The van der Waals surface area contributed by atoms with Gasteiger partial charge in [-0.25, -0.2) is 4.39 Å². The second-order valence-corrected chi connectivity index (χ2v) is 4.21. The SMILES string of the molecule is CC(C)[C@H](N)c1cccc(F)c1Br. The number of hydrogen-bond donors (Lipinski definition) is 1. The van der Waals surface area contributed by atoms with E-state index in [0.29, 0.717) is 10.4 Å². The van der Waals surface area contributed by atoms with Crippen molar-refractivity contribution in [3.63, 3.8) is 0 Å². The number of halogens is 2. The molecule has 0 saturated carbocycles. The van der Waals surface area contributed by atoms with Crippen LogP contribution in [0.25, 0.3) is 0 Å². The van der Waals surface area contributed by atoms with Gasteiger partial charge >= 0.3 is 0 Å². The highest BCUT2D eigenvalue weighted by Gasteiger charge is 2.15. The fourth-order valence-corrected chi connectivity index (χ4v) is 1.67. The van der Waals surface area contributed by atoms with Gasteiger partial charge in [0.15, 0.2) is 0 Å². The molecule has 0 bridgehead atoms. The molecule has 0 aromatic heterocycles. The molecular formula is C10H13BrFN. The molecule has 0 saturated heterocycles. The zero-order valence-electron chi connectivity index (χ0n) is 7.72. The minimum Gasteiger partial charge on any atom is -0.324 e. The van der Waals surface area contributed by atoms with Crippen molar-refractivity contribution in [3.05, 3.63) is 34.1 Å². The number of rotatable bonds is 2. The predicted molar refractivity (Wildman–Crippen MR) is 55.9 cm³/mol. The van der Waals surface area contributed by atoms with Gasteiger partial charge in [0.25, 0.3) is 0 Å². The molecule has 0 fully saturated rings. The van der Waals surface area contributed by atoms with Crippen LogP contribution >= 0.6 is 15.9 Å². The van der Waals surface area contributed by atoms with Gasteiger partial charge in [-0.15, -0.1) is 0 Å². The fraction of sp³-hybridized carbons (Fsp3) is 0.400. The first-order chi connectivity index (χ1) is 6.04. The van der Waals surface area contributed by atoms with Crippen LogP contribution in [-0.4, -0.2) is 0 Å². The fourth-order valence-electron chi connectivity index (χ4n) is 1.14. The molecule has 3 heteroatoms. The average molecular weight is 246 g/mol. The molecule has 2 N–H and O–H groups in total. The van der Waals surface area contributed by atoms with Crippen LogP contribution in [0.4, 0.5) is 4.39 Å². The molecule has 0 radical (unpaired) electrons. The Labute approximate surface area is 86.3 Å². The molecule has 72 valence electrons. The minimum atomic E-state index is -0.256. The molecule has 0 unspecified atom stereocenters. The van der Waals surface area contributed by atoms with Crippen LogP contribution in [0.1, 0.15) is 25.5 Å². The molecule has 0 spiro atoms. The first-order valence-corrected chi connectivity index (χ1v) is 5.03. The summed E-state index contributed by atoms with van der Waals surface area (Å²) in [6.07, 6.45) is 0. The van der Waals surface area contributed by atoms with Gasteiger partial charge in [0.05, 0.1) is 4.47 Å². The Morgan fingerprint density at radius 3 is 2.54 bits per heavy atom. The van der Waals surface area contributed by atoms with E-state index in [1.807, 2.05) is 19.9 Å². The summed E-state index contributed by atoms with van der Waals surface area (Å²) in [5, 5.41) is 0. The maximum atomic E-state index is 13.1. The van der Waals surface area contributed by atoms with Crippen LogP contribution in [0.15, 0.2) is 22.7 Å². The Balaban J connectivity index is 3.07. The van der Waals surface area contributed by atoms with Crippen molar-refractivity contribution in [1.82, 2.24) is 0 Å². The molecule has 1 rings (SSSR count). The third-order valence-corrected chi connectivity index (χ3v) is 2.90. The lowest BCUT2D eigenvalue weighted by Crippen LogP contribution is -2.17. The van der Waals surface area contributed by atoms with Crippen LogP contribution < -0.4 is 5.73 Å². The lowest BCUT2D eigenvalue weighted by atomic mass is 9.97. The number of nitrogens with two attached hydrogens (primary N) is 1. The molecule has 1 aromatic rings. The van der Waals surface area contributed by atoms with Gasteiger partial charge < -0.3 is 5.73 Å². The first kappa shape index (κ1) is 10.7. The van der Waals surface area contributed by atoms with Gasteiger partial charge in [-0.2, -0.15) is 0 Å². The largest absolute Gasteiger partial charge is 0.324 e. The zero-order chi connectivity index (χ0) is 10.0. The Morgan fingerprint density at radius 1 is 1.38 bits per heavy atom. The molecule has 1 aromatic carbocycles. The van der Waals surface area contributed by atoms with Crippen molar-refractivity contribution in [2.45, 2.75) is 19.9 Å². The van der Waals surface area contributed by atoms with E-state index in [0.717, 1.165) is 5.56 Å². The lowest BCUT2D eigenvalue weighted by Gasteiger charge is -2.17. The normalized spacial score (nSPS) is 13.4. The van der Waals surface area contributed by atoms with Crippen LogP contribution in [0, 0.1) is 11.7 Å². The second kappa shape index (κ2) is 4.20. The molecular weight excluding hydrogens is 233 g/mol. The summed E-state index contributed by atoms with van der Waals surface area (Å²) in [4.78, 5) is 0. The molecule has 1 atom stereocenters. The highest BCUT2D eigenvalue weighted by atomic mass is 79.9. The van der Waals surface area contributed by atoms with Gasteiger partial charge in [0.2, 0.25) is 0 Å². The van der Waals surface area contributed by atoms with Gasteiger partial charge in [0, 0.05) is 6.04 Å². The van der Waals surface area contributed by atoms with Gasteiger partial charge in [-0.05, 0) is 33.5 Å². The van der Waals surface area contributed by atoms with E-state index in [-0.39, 0.29) is 11.9 Å². The molecule has 0 aliphatic rings. The Hall–Kier alpha value is -0.410. The summed E-state index contributed by atoms with van der Waals surface area (Å²) in [5.41, 5.74) is 6.74. The summed E-state index contributed by atoms with van der Waals surface area (Å²) in [6, 6.07) is 4.82. The van der Waals surface area contributed by atoms with E-state index >= 15 is 0 Å². The van der Waals surface area contributed by atoms with Gasteiger partial charge in [-0.3, -0.25) is 0 Å². The predicted octanol–water partition coefficient (Wildman–Crippen LogP) is 3.24. The summed E-state index contributed by atoms with van der Waals surface area (Å²) >= 11 is 3.19. The molecule has 13 heavy (non-hydrogen) atoms. The topological polar surface area (TPSA) is 26.0 Å². The first-order valence-electron chi connectivity index (χ1n) is 4.23. The Kier molecular flexibility index (Phi) is 3.45. The van der Waals surface area contributed by atoms with E-state index in [4.69, 9.17) is 5.73 Å². The third kappa shape index (κ3) is 2.29. The minimum absolute atomic E-state index is 0.120. The van der Waals surface area contributed by atoms with Crippen LogP contribution in [-0.2, 0) is 0 Å². The van der Waals surface area contributed by atoms with Crippen molar-refractivity contribution in [3.8, 4) is 0 Å². The molecule has 0 aliphatic carbocycles. The van der Waals surface area contributed by atoms with Gasteiger partial charge in [0.1, 0.15) is 5.82 Å². The van der Waals surface area contributed by atoms with Crippen molar-refractivity contribution in [1.29, 1.82) is 0 Å². The van der Waals surface area contributed by atoms with E-state index in [9.17, 15) is 4.39 Å².